The molecule has 2 unspecified atom stereocenters. The molecule has 19 heavy (non-hydrogen) atoms. The van der Waals surface area contributed by atoms with E-state index in [0.29, 0.717) is 0 Å². The highest BCUT2D eigenvalue weighted by Gasteiger charge is 2.22. The Morgan fingerprint density at radius 1 is 1.21 bits per heavy atom. The molecule has 7 heteroatoms. The van der Waals surface area contributed by atoms with E-state index in [1.165, 1.54) is 0 Å². The second-order valence-electron chi connectivity index (χ2n) is 4.33. The summed E-state index contributed by atoms with van der Waals surface area (Å²) in [7, 11) is 0. The Kier molecular flexibility index (Phi) is 7.04. The fourth-order valence-electron chi connectivity index (χ4n) is 1.27. The second kappa shape index (κ2) is 7.97. The molecule has 4 N–H and O–H groups in total. The summed E-state index contributed by atoms with van der Waals surface area (Å²) in [4.78, 5) is 32.8. The van der Waals surface area contributed by atoms with Gasteiger partial charge in [0, 0.05) is 6.42 Å². The van der Waals surface area contributed by atoms with Crippen LogP contribution in [0, 0.1) is 18.3 Å². The fraction of sp³-hybridized carbons (Fsp3) is 0.583. The third-order valence-corrected chi connectivity index (χ3v) is 2.38. The number of hydrogen-bond acceptors (Lipinski definition) is 3. The van der Waals surface area contributed by atoms with E-state index < -0.39 is 30.1 Å². The number of hydrogen-bond donors (Lipinski definition) is 4. The van der Waals surface area contributed by atoms with Crippen LogP contribution in [0.3, 0.4) is 0 Å². The lowest BCUT2D eigenvalue weighted by Crippen LogP contribution is -2.50. The molecule has 0 rings (SSSR count). The molecule has 0 aliphatic heterocycles. The van der Waals surface area contributed by atoms with Gasteiger partial charge < -0.3 is 20.8 Å². The van der Waals surface area contributed by atoms with E-state index in [1.54, 1.807) is 0 Å². The van der Waals surface area contributed by atoms with Crippen molar-refractivity contribution in [1.29, 1.82) is 0 Å². The largest absolute Gasteiger partial charge is 0.481 e. The molecule has 0 saturated heterocycles. The van der Waals surface area contributed by atoms with Crippen LogP contribution in [0.15, 0.2) is 0 Å². The van der Waals surface area contributed by atoms with Gasteiger partial charge in [0.25, 0.3) is 0 Å². The molecule has 2 amide bonds. The van der Waals surface area contributed by atoms with Crippen LogP contribution in [-0.4, -0.2) is 40.3 Å². The summed E-state index contributed by atoms with van der Waals surface area (Å²) < 4.78 is 0. The summed E-state index contributed by atoms with van der Waals surface area (Å²) in [6.07, 6.45) is 4.68. The van der Waals surface area contributed by atoms with Crippen LogP contribution < -0.4 is 10.6 Å². The Labute approximate surface area is 111 Å². The number of terminal acetylenes is 1. The molecule has 0 aromatic rings. The maximum Gasteiger partial charge on any atom is 0.326 e. The molecule has 0 aromatic heterocycles. The van der Waals surface area contributed by atoms with E-state index in [1.807, 2.05) is 13.8 Å². The minimum Gasteiger partial charge on any atom is -0.481 e. The average molecular weight is 270 g/mol. The SMILES string of the molecule is C#CC(NC(=O)NC(CCC(=O)O)C(=O)O)C(C)C. The Morgan fingerprint density at radius 3 is 2.16 bits per heavy atom. The molecule has 0 saturated carbocycles. The molecule has 0 bridgehead atoms. The van der Waals surface area contributed by atoms with E-state index in [4.69, 9.17) is 16.6 Å². The van der Waals surface area contributed by atoms with Crippen LogP contribution in [0.5, 0.6) is 0 Å². The number of carbonyl (C=O) groups excluding carboxylic acids is 1. The van der Waals surface area contributed by atoms with Gasteiger partial charge in [0.1, 0.15) is 6.04 Å². The highest BCUT2D eigenvalue weighted by atomic mass is 16.4. The van der Waals surface area contributed by atoms with Crippen LogP contribution >= 0.6 is 0 Å². The summed E-state index contributed by atoms with van der Waals surface area (Å²) in [5, 5.41) is 22.0. The first-order valence-corrected chi connectivity index (χ1v) is 5.75. The third kappa shape index (κ3) is 6.93. The van der Waals surface area contributed by atoms with Gasteiger partial charge in [0.05, 0.1) is 6.04 Å². The standard InChI is InChI=1S/C12H18N2O5/c1-4-8(7(2)3)13-12(19)14-9(11(17)18)5-6-10(15)16/h1,7-9H,5-6H2,2-3H3,(H,15,16)(H,17,18)(H2,13,14,19). The highest BCUT2D eigenvalue weighted by molar-refractivity contribution is 5.83. The highest BCUT2D eigenvalue weighted by Crippen LogP contribution is 2.01. The number of rotatable bonds is 7. The van der Waals surface area contributed by atoms with Gasteiger partial charge in [-0.15, -0.1) is 6.42 Å². The van der Waals surface area contributed by atoms with E-state index in [9.17, 15) is 14.4 Å². The van der Waals surface area contributed by atoms with Crippen molar-refractivity contribution in [2.45, 2.75) is 38.8 Å². The maximum atomic E-state index is 11.5. The smallest absolute Gasteiger partial charge is 0.326 e. The normalized spacial score (nSPS) is 13.2. The van der Waals surface area contributed by atoms with E-state index in [0.717, 1.165) is 0 Å². The first kappa shape index (κ1) is 16.8. The minimum atomic E-state index is -1.29. The first-order valence-electron chi connectivity index (χ1n) is 5.75. The zero-order chi connectivity index (χ0) is 15.0. The van der Waals surface area contributed by atoms with Crippen molar-refractivity contribution in [3.8, 4) is 12.3 Å². The second-order valence-corrected chi connectivity index (χ2v) is 4.33. The lowest BCUT2D eigenvalue weighted by Gasteiger charge is -2.19. The van der Waals surface area contributed by atoms with E-state index in [-0.39, 0.29) is 18.8 Å². The Bertz CT molecular complexity index is 386. The Morgan fingerprint density at radius 2 is 1.79 bits per heavy atom. The van der Waals surface area contributed by atoms with E-state index >= 15 is 0 Å². The zero-order valence-corrected chi connectivity index (χ0v) is 10.8. The number of carboxylic acids is 2. The summed E-state index contributed by atoms with van der Waals surface area (Å²) in [5.41, 5.74) is 0. The van der Waals surface area contributed by atoms with Gasteiger partial charge in [-0.2, -0.15) is 0 Å². The quantitative estimate of drug-likeness (QED) is 0.495. The lowest BCUT2D eigenvalue weighted by molar-refractivity contribution is -0.140. The molecular formula is C12H18N2O5. The van der Waals surface area contributed by atoms with Crippen molar-refractivity contribution in [2.75, 3.05) is 0 Å². The van der Waals surface area contributed by atoms with Crippen molar-refractivity contribution in [2.24, 2.45) is 5.92 Å². The van der Waals surface area contributed by atoms with Crippen LogP contribution in [0.4, 0.5) is 4.79 Å². The number of aliphatic carboxylic acids is 2. The third-order valence-electron chi connectivity index (χ3n) is 2.38. The van der Waals surface area contributed by atoms with Gasteiger partial charge in [-0.05, 0) is 12.3 Å². The van der Waals surface area contributed by atoms with Gasteiger partial charge in [0.15, 0.2) is 0 Å². The molecule has 2 atom stereocenters. The maximum absolute atomic E-state index is 11.5. The van der Waals surface area contributed by atoms with Crippen LogP contribution in [0.1, 0.15) is 26.7 Å². The van der Waals surface area contributed by atoms with Crippen LogP contribution in [-0.2, 0) is 9.59 Å². The molecule has 0 heterocycles. The average Bonchev–Trinajstić information content (AvgIpc) is 2.30. The predicted octanol–water partition coefficient (Wildman–Crippen LogP) is 0.261. The lowest BCUT2D eigenvalue weighted by atomic mass is 10.1. The van der Waals surface area contributed by atoms with Gasteiger partial charge in [0.2, 0.25) is 0 Å². The van der Waals surface area contributed by atoms with Gasteiger partial charge >= 0.3 is 18.0 Å². The molecule has 0 aromatic carbocycles. The summed E-state index contributed by atoms with van der Waals surface area (Å²) in [6.45, 7) is 3.62. The predicted molar refractivity (Wildman–Crippen MR) is 67.4 cm³/mol. The summed E-state index contributed by atoms with van der Waals surface area (Å²) in [6, 6.07) is -2.51. The first-order chi connectivity index (χ1) is 8.77. The van der Waals surface area contributed by atoms with Crippen LogP contribution in [0.2, 0.25) is 0 Å². The number of carboxylic acid groups (broad SMARTS) is 2. The fourth-order valence-corrected chi connectivity index (χ4v) is 1.27. The summed E-state index contributed by atoms with van der Waals surface area (Å²) >= 11 is 0. The van der Waals surface area contributed by atoms with Crippen molar-refractivity contribution < 1.29 is 24.6 Å². The van der Waals surface area contributed by atoms with Crippen molar-refractivity contribution >= 4 is 18.0 Å². The zero-order valence-electron chi connectivity index (χ0n) is 10.8. The van der Waals surface area contributed by atoms with Crippen LogP contribution in [0.25, 0.3) is 0 Å². The molecule has 106 valence electrons. The molecule has 0 spiro atoms. The number of urea groups is 1. The number of carbonyl (C=O) groups is 3. The monoisotopic (exact) mass is 270 g/mol. The number of amides is 2. The van der Waals surface area contributed by atoms with Crippen molar-refractivity contribution in [3.63, 3.8) is 0 Å². The molecule has 0 radical (unpaired) electrons. The molecule has 0 fully saturated rings. The molecule has 7 nitrogen and oxygen atoms in total. The van der Waals surface area contributed by atoms with Crippen molar-refractivity contribution in [1.82, 2.24) is 10.6 Å². The Hall–Kier alpha value is -2.23. The number of nitrogens with one attached hydrogen (secondary N) is 2. The molecule has 0 aliphatic carbocycles. The molecular weight excluding hydrogens is 252 g/mol. The minimum absolute atomic E-state index is 0.00181. The van der Waals surface area contributed by atoms with Gasteiger partial charge in [-0.1, -0.05) is 19.8 Å². The van der Waals surface area contributed by atoms with Crippen molar-refractivity contribution in [3.05, 3.63) is 0 Å². The topological polar surface area (TPSA) is 116 Å². The van der Waals surface area contributed by atoms with Gasteiger partial charge in [-0.3, -0.25) is 4.79 Å². The van der Waals surface area contributed by atoms with E-state index in [2.05, 4.69) is 16.6 Å². The van der Waals surface area contributed by atoms with Gasteiger partial charge in [-0.25, -0.2) is 9.59 Å². The summed E-state index contributed by atoms with van der Waals surface area (Å²) in [5.74, 6) is -0.0512. The molecule has 0 aliphatic rings. The Balaban J connectivity index is 4.43.